The van der Waals surface area contributed by atoms with E-state index >= 15 is 0 Å². The zero-order valence-electron chi connectivity index (χ0n) is 23.7. The number of aliphatic hydroxyl groups excluding tert-OH is 2. The first-order valence-corrected chi connectivity index (χ1v) is 15.4. The average molecular weight is 543 g/mol. The molecule has 0 bridgehead atoms. The highest BCUT2D eigenvalue weighted by molar-refractivity contribution is 8.13. The van der Waals surface area contributed by atoms with E-state index in [0.29, 0.717) is 18.7 Å². The molecule has 0 aromatic carbocycles. The van der Waals surface area contributed by atoms with E-state index < -0.39 is 17.4 Å². The SMILES string of the molecule is CCCCCCCC/C=C\CCCCCCCC(=O)NCCSC(=O)CCNC(=O)C(O)C(C)(C)CO. The van der Waals surface area contributed by atoms with Gasteiger partial charge in [0.1, 0.15) is 6.10 Å². The predicted molar refractivity (Wildman–Crippen MR) is 154 cm³/mol. The zero-order chi connectivity index (χ0) is 27.8. The molecule has 8 heteroatoms. The maximum atomic E-state index is 11.9. The van der Waals surface area contributed by atoms with E-state index in [4.69, 9.17) is 0 Å². The van der Waals surface area contributed by atoms with Crippen LogP contribution in [0.2, 0.25) is 0 Å². The Kier molecular flexibility index (Phi) is 22.8. The number of thioether (sulfide) groups is 1. The van der Waals surface area contributed by atoms with Gasteiger partial charge in [0.05, 0.1) is 6.61 Å². The fraction of sp³-hybridized carbons (Fsp3) is 0.828. The molecule has 4 N–H and O–H groups in total. The Labute approximate surface area is 230 Å². The van der Waals surface area contributed by atoms with E-state index in [1.807, 2.05) is 0 Å². The summed E-state index contributed by atoms with van der Waals surface area (Å²) in [6.07, 6.45) is 20.0. The molecule has 0 aliphatic rings. The highest BCUT2D eigenvalue weighted by atomic mass is 32.2. The van der Waals surface area contributed by atoms with Crippen molar-refractivity contribution in [2.24, 2.45) is 5.41 Å². The molecular formula is C29H54N2O5S. The van der Waals surface area contributed by atoms with Gasteiger partial charge in [0, 0.05) is 37.1 Å². The van der Waals surface area contributed by atoms with Crippen LogP contribution in [0.4, 0.5) is 0 Å². The summed E-state index contributed by atoms with van der Waals surface area (Å²) in [5.74, 6) is -0.0800. The summed E-state index contributed by atoms with van der Waals surface area (Å²) < 4.78 is 0. The number of amides is 2. The Hall–Kier alpha value is -1.38. The monoisotopic (exact) mass is 542 g/mol. The minimum absolute atomic E-state index is 0.0263. The molecule has 216 valence electrons. The second-order valence-corrected chi connectivity index (χ2v) is 11.6. The summed E-state index contributed by atoms with van der Waals surface area (Å²) in [6.45, 7) is 5.68. The molecule has 0 aliphatic heterocycles. The molecule has 0 aromatic heterocycles. The first-order chi connectivity index (χ1) is 17.7. The van der Waals surface area contributed by atoms with Crippen molar-refractivity contribution in [1.29, 1.82) is 0 Å². The van der Waals surface area contributed by atoms with Gasteiger partial charge in [-0.05, 0) is 32.1 Å². The summed E-state index contributed by atoms with van der Waals surface area (Å²) in [6, 6.07) is 0. The van der Waals surface area contributed by atoms with Crippen molar-refractivity contribution in [3.05, 3.63) is 12.2 Å². The van der Waals surface area contributed by atoms with Gasteiger partial charge in [-0.2, -0.15) is 0 Å². The van der Waals surface area contributed by atoms with Gasteiger partial charge in [-0.15, -0.1) is 0 Å². The summed E-state index contributed by atoms with van der Waals surface area (Å²) >= 11 is 1.12. The van der Waals surface area contributed by atoms with Gasteiger partial charge < -0.3 is 20.8 Å². The lowest BCUT2D eigenvalue weighted by molar-refractivity contribution is -0.137. The van der Waals surface area contributed by atoms with E-state index in [9.17, 15) is 24.6 Å². The van der Waals surface area contributed by atoms with Crippen molar-refractivity contribution in [1.82, 2.24) is 10.6 Å². The number of hydrogen-bond donors (Lipinski definition) is 4. The van der Waals surface area contributed by atoms with E-state index in [0.717, 1.165) is 37.4 Å². The van der Waals surface area contributed by atoms with E-state index in [1.54, 1.807) is 13.8 Å². The Morgan fingerprint density at radius 3 is 1.97 bits per heavy atom. The summed E-state index contributed by atoms with van der Waals surface area (Å²) in [4.78, 5) is 35.7. The highest BCUT2D eigenvalue weighted by Crippen LogP contribution is 2.19. The number of carbonyl (C=O) groups is 3. The normalized spacial score (nSPS) is 12.6. The minimum Gasteiger partial charge on any atom is -0.396 e. The smallest absolute Gasteiger partial charge is 0.249 e. The average Bonchev–Trinajstić information content (AvgIpc) is 2.88. The molecule has 1 unspecified atom stereocenters. The summed E-state index contributed by atoms with van der Waals surface area (Å²) in [7, 11) is 0. The molecule has 37 heavy (non-hydrogen) atoms. The lowest BCUT2D eigenvalue weighted by atomic mass is 9.87. The quantitative estimate of drug-likeness (QED) is 0.0973. The molecule has 2 amide bonds. The molecule has 0 spiro atoms. The summed E-state index contributed by atoms with van der Waals surface area (Å²) in [5, 5.41) is 24.4. The van der Waals surface area contributed by atoms with Crippen LogP contribution in [0.5, 0.6) is 0 Å². The second-order valence-electron chi connectivity index (χ2n) is 10.5. The number of rotatable bonds is 24. The van der Waals surface area contributed by atoms with Gasteiger partial charge in [0.2, 0.25) is 11.8 Å². The Balaban J connectivity index is 3.54. The number of nitrogens with one attached hydrogen (secondary N) is 2. The van der Waals surface area contributed by atoms with Gasteiger partial charge >= 0.3 is 0 Å². The number of hydrogen-bond acceptors (Lipinski definition) is 6. The number of unbranched alkanes of at least 4 members (excludes halogenated alkanes) is 11. The van der Waals surface area contributed by atoms with Crippen LogP contribution in [0.3, 0.4) is 0 Å². The first kappa shape index (κ1) is 35.6. The molecule has 0 radical (unpaired) electrons. The number of carbonyl (C=O) groups excluding carboxylic acids is 3. The molecule has 0 saturated heterocycles. The van der Waals surface area contributed by atoms with Crippen molar-refractivity contribution in [3.63, 3.8) is 0 Å². The van der Waals surface area contributed by atoms with Crippen molar-refractivity contribution in [2.45, 2.75) is 123 Å². The largest absolute Gasteiger partial charge is 0.396 e. The number of allylic oxidation sites excluding steroid dienone is 2. The molecular weight excluding hydrogens is 488 g/mol. The summed E-state index contributed by atoms with van der Waals surface area (Å²) in [5.41, 5.74) is -0.939. The fourth-order valence-corrected chi connectivity index (χ4v) is 4.38. The maximum Gasteiger partial charge on any atom is 0.249 e. The molecule has 0 heterocycles. The van der Waals surface area contributed by atoms with Gasteiger partial charge in [0.25, 0.3) is 0 Å². The molecule has 0 aromatic rings. The van der Waals surface area contributed by atoms with Gasteiger partial charge in [-0.25, -0.2) is 0 Å². The van der Waals surface area contributed by atoms with Crippen LogP contribution >= 0.6 is 11.8 Å². The number of aliphatic hydroxyl groups is 2. The maximum absolute atomic E-state index is 11.9. The third kappa shape index (κ3) is 21.3. The Morgan fingerprint density at radius 1 is 0.811 bits per heavy atom. The lowest BCUT2D eigenvalue weighted by Gasteiger charge is -2.27. The molecule has 0 rings (SSSR count). The zero-order valence-corrected chi connectivity index (χ0v) is 24.5. The van der Waals surface area contributed by atoms with Gasteiger partial charge in [-0.3, -0.25) is 14.4 Å². The topological polar surface area (TPSA) is 116 Å². The molecule has 0 saturated carbocycles. The molecule has 0 fully saturated rings. The van der Waals surface area contributed by atoms with E-state index in [2.05, 4.69) is 29.7 Å². The van der Waals surface area contributed by atoms with Crippen LogP contribution in [0, 0.1) is 5.41 Å². The van der Waals surface area contributed by atoms with E-state index in [-0.39, 0.29) is 30.6 Å². The van der Waals surface area contributed by atoms with Gasteiger partial charge in [0.15, 0.2) is 5.12 Å². The molecule has 7 nitrogen and oxygen atoms in total. The third-order valence-corrected chi connectivity index (χ3v) is 7.31. The van der Waals surface area contributed by atoms with Gasteiger partial charge in [-0.1, -0.05) is 96.1 Å². The first-order valence-electron chi connectivity index (χ1n) is 14.4. The minimum atomic E-state index is -1.34. The van der Waals surface area contributed by atoms with Crippen LogP contribution in [0.15, 0.2) is 12.2 Å². The second kappa shape index (κ2) is 23.7. The highest BCUT2D eigenvalue weighted by Gasteiger charge is 2.32. The van der Waals surface area contributed by atoms with Crippen molar-refractivity contribution in [2.75, 3.05) is 25.4 Å². The van der Waals surface area contributed by atoms with E-state index in [1.165, 1.54) is 57.8 Å². The lowest BCUT2D eigenvalue weighted by Crippen LogP contribution is -2.45. The van der Waals surface area contributed by atoms with Crippen molar-refractivity contribution in [3.8, 4) is 0 Å². The fourth-order valence-electron chi connectivity index (χ4n) is 3.70. The Bertz CT molecular complexity index is 640. The van der Waals surface area contributed by atoms with Crippen molar-refractivity contribution < 1.29 is 24.6 Å². The predicted octanol–water partition coefficient (Wildman–Crippen LogP) is 5.29. The van der Waals surface area contributed by atoms with Crippen LogP contribution < -0.4 is 10.6 Å². The Morgan fingerprint density at radius 2 is 1.38 bits per heavy atom. The van der Waals surface area contributed by atoms with Crippen LogP contribution in [0.25, 0.3) is 0 Å². The third-order valence-electron chi connectivity index (χ3n) is 6.38. The van der Waals surface area contributed by atoms with Crippen LogP contribution in [-0.2, 0) is 14.4 Å². The standard InChI is InChI=1S/C29H54N2O5S/c1-4-5-6-7-8-9-10-11-12-13-14-15-16-17-18-19-25(33)30-22-23-37-26(34)20-21-31-28(36)27(35)29(2,3)24-32/h11-12,27,32,35H,4-10,13-24H2,1-3H3,(H,30,33)(H,31,36)/b12-11-. The van der Waals surface area contributed by atoms with Crippen LogP contribution in [0.1, 0.15) is 117 Å². The van der Waals surface area contributed by atoms with Crippen LogP contribution in [-0.4, -0.2) is 58.7 Å². The van der Waals surface area contributed by atoms with Crippen molar-refractivity contribution >= 4 is 28.7 Å². The molecule has 1 atom stereocenters. The molecule has 0 aliphatic carbocycles.